The van der Waals surface area contributed by atoms with Crippen LogP contribution in [0.15, 0.2) is 12.2 Å². The number of carbonyl (C=O) groups is 1. The van der Waals surface area contributed by atoms with Gasteiger partial charge in [0.15, 0.2) is 0 Å². The number of aliphatic carboxylic acids is 1. The lowest BCUT2D eigenvalue weighted by atomic mass is 9.75. The predicted octanol–water partition coefficient (Wildman–Crippen LogP) is 4.76. The number of rotatable bonds is 15. The molecule has 0 aromatic heterocycles. The molecule has 2 fully saturated rings. The Balaban J connectivity index is 1.69. The highest BCUT2D eigenvalue weighted by molar-refractivity contribution is 7.91. The fourth-order valence-corrected chi connectivity index (χ4v) is 6.21. The Morgan fingerprint density at radius 3 is 2.36 bits per heavy atom. The molecule has 28 heavy (non-hydrogen) atoms. The molecule has 1 N–H and O–H groups in total. The molecular formula is C22H38O5S. The molecule has 2 saturated heterocycles. The molecule has 2 aliphatic heterocycles. The molecule has 2 rings (SSSR count). The topological polar surface area (TPSA) is 80.7 Å². The van der Waals surface area contributed by atoms with Crippen molar-refractivity contribution in [2.45, 2.75) is 96.2 Å². The molecule has 5 nitrogen and oxygen atoms in total. The van der Waals surface area contributed by atoms with E-state index in [4.69, 9.17) is 9.84 Å². The van der Waals surface area contributed by atoms with Gasteiger partial charge in [-0.3, -0.25) is 4.79 Å². The van der Waals surface area contributed by atoms with Crippen LogP contribution in [0.4, 0.5) is 0 Å². The molecule has 0 unspecified atom stereocenters. The molecule has 2 aliphatic rings. The molecule has 0 aromatic rings. The number of ether oxygens (including phenoxy) is 1. The highest BCUT2D eigenvalue weighted by Gasteiger charge is 2.47. The van der Waals surface area contributed by atoms with Crippen LogP contribution in [0.3, 0.4) is 0 Å². The minimum Gasteiger partial charge on any atom is -0.481 e. The summed E-state index contributed by atoms with van der Waals surface area (Å²) in [5.41, 5.74) is 0. The molecule has 0 spiro atoms. The lowest BCUT2D eigenvalue weighted by Gasteiger charge is -2.27. The van der Waals surface area contributed by atoms with Gasteiger partial charge >= 0.3 is 5.97 Å². The Morgan fingerprint density at radius 2 is 1.68 bits per heavy atom. The van der Waals surface area contributed by atoms with E-state index in [2.05, 4.69) is 19.1 Å². The van der Waals surface area contributed by atoms with Crippen molar-refractivity contribution < 1.29 is 23.1 Å². The number of sulfone groups is 1. The summed E-state index contributed by atoms with van der Waals surface area (Å²) in [6, 6.07) is 0. The zero-order valence-corrected chi connectivity index (χ0v) is 18.2. The molecule has 0 aromatic carbocycles. The van der Waals surface area contributed by atoms with Gasteiger partial charge in [-0.25, -0.2) is 8.42 Å². The van der Waals surface area contributed by atoms with E-state index in [9.17, 15) is 13.2 Å². The zero-order chi connectivity index (χ0) is 20.4. The lowest BCUT2D eigenvalue weighted by molar-refractivity contribution is -0.137. The standard InChI is InChI=1S/C22H38O5S/c1-2-3-9-16-28(25,26)17-10-8-12-19-18(20-14-15-21(19)27-20)11-6-4-5-7-13-22(23)24/h4,6,18-21H,2-3,5,7-17H2,1H3,(H,23,24)/t18-,19+,20-,21+/m1/s1. The summed E-state index contributed by atoms with van der Waals surface area (Å²) >= 11 is 0. The Kier molecular flexibility index (Phi) is 10.00. The molecule has 0 saturated carbocycles. The smallest absolute Gasteiger partial charge is 0.303 e. The first-order chi connectivity index (χ1) is 13.4. The first-order valence-electron chi connectivity index (χ1n) is 11.2. The Hall–Kier alpha value is -0.880. The predicted molar refractivity (Wildman–Crippen MR) is 112 cm³/mol. The maximum Gasteiger partial charge on any atom is 0.303 e. The van der Waals surface area contributed by atoms with Gasteiger partial charge in [-0.1, -0.05) is 38.3 Å². The van der Waals surface area contributed by atoms with Gasteiger partial charge in [-0.2, -0.15) is 0 Å². The second kappa shape index (κ2) is 12.0. The number of allylic oxidation sites excluding steroid dienone is 2. The van der Waals surface area contributed by atoms with Gasteiger partial charge in [-0.05, 0) is 63.2 Å². The number of carboxylic acids is 1. The maximum absolute atomic E-state index is 12.1. The van der Waals surface area contributed by atoms with Crippen LogP contribution in [0, 0.1) is 11.8 Å². The normalized spacial score (nSPS) is 27.0. The second-order valence-corrected chi connectivity index (χ2v) is 10.8. The van der Waals surface area contributed by atoms with E-state index in [1.54, 1.807) is 0 Å². The van der Waals surface area contributed by atoms with Crippen LogP contribution < -0.4 is 0 Å². The van der Waals surface area contributed by atoms with Crippen molar-refractivity contribution in [1.82, 2.24) is 0 Å². The van der Waals surface area contributed by atoms with Crippen molar-refractivity contribution in [2.24, 2.45) is 11.8 Å². The molecule has 0 radical (unpaired) electrons. The van der Waals surface area contributed by atoms with E-state index >= 15 is 0 Å². The van der Waals surface area contributed by atoms with E-state index in [-0.39, 0.29) is 6.42 Å². The minimum absolute atomic E-state index is 0.228. The summed E-state index contributed by atoms with van der Waals surface area (Å²) in [4.78, 5) is 10.5. The molecule has 162 valence electrons. The molecule has 2 heterocycles. The van der Waals surface area contributed by atoms with Gasteiger partial charge < -0.3 is 9.84 Å². The van der Waals surface area contributed by atoms with Crippen LogP contribution in [0.2, 0.25) is 0 Å². The summed E-state index contributed by atoms with van der Waals surface area (Å²) in [7, 11) is -2.89. The van der Waals surface area contributed by atoms with Crippen LogP contribution in [0.25, 0.3) is 0 Å². The number of carboxylic acid groups (broad SMARTS) is 1. The average molecular weight is 415 g/mol. The van der Waals surface area contributed by atoms with Crippen molar-refractivity contribution in [3.05, 3.63) is 12.2 Å². The van der Waals surface area contributed by atoms with Crippen LogP contribution >= 0.6 is 0 Å². The summed E-state index contributed by atoms with van der Waals surface area (Å²) < 4.78 is 30.3. The monoisotopic (exact) mass is 414 g/mol. The summed E-state index contributed by atoms with van der Waals surface area (Å²) in [5, 5.41) is 8.68. The van der Waals surface area contributed by atoms with Gasteiger partial charge in [0.1, 0.15) is 9.84 Å². The summed E-state index contributed by atoms with van der Waals surface area (Å²) in [6.45, 7) is 2.09. The van der Waals surface area contributed by atoms with Crippen LogP contribution in [-0.2, 0) is 19.4 Å². The summed E-state index contributed by atoms with van der Waals surface area (Å²) in [6.07, 6.45) is 15.6. The Bertz CT molecular complexity index is 598. The van der Waals surface area contributed by atoms with E-state index in [0.29, 0.717) is 42.0 Å². The maximum atomic E-state index is 12.1. The second-order valence-electron chi connectivity index (χ2n) is 8.47. The Labute approximate surface area is 170 Å². The third kappa shape index (κ3) is 7.86. The molecule has 4 atom stereocenters. The summed E-state index contributed by atoms with van der Waals surface area (Å²) in [5.74, 6) is 1.02. The van der Waals surface area contributed by atoms with Crippen LogP contribution in [0.1, 0.15) is 84.0 Å². The first kappa shape index (κ1) is 23.4. The van der Waals surface area contributed by atoms with Crippen molar-refractivity contribution in [2.75, 3.05) is 11.5 Å². The van der Waals surface area contributed by atoms with Crippen molar-refractivity contribution in [1.29, 1.82) is 0 Å². The third-order valence-electron chi connectivity index (χ3n) is 6.23. The Morgan fingerprint density at radius 1 is 1.00 bits per heavy atom. The number of unbranched alkanes of at least 4 members (excludes halogenated alkanes) is 4. The molecular weight excluding hydrogens is 376 g/mol. The van der Waals surface area contributed by atoms with Gasteiger partial charge in [0.25, 0.3) is 0 Å². The largest absolute Gasteiger partial charge is 0.481 e. The van der Waals surface area contributed by atoms with E-state index < -0.39 is 15.8 Å². The SMILES string of the molecule is CCCCCS(=O)(=O)CCCC[C@H]1[C@@H](CC=CCCCC(=O)O)[C@H]2CC[C@@H]1O2. The number of hydrogen-bond donors (Lipinski definition) is 1. The highest BCUT2D eigenvalue weighted by Crippen LogP contribution is 2.47. The zero-order valence-electron chi connectivity index (χ0n) is 17.4. The number of fused-ring (bicyclic) bond motifs is 2. The van der Waals surface area contributed by atoms with Gasteiger partial charge in [0, 0.05) is 6.42 Å². The molecule has 2 bridgehead atoms. The van der Waals surface area contributed by atoms with Crippen molar-refractivity contribution in [3.8, 4) is 0 Å². The van der Waals surface area contributed by atoms with Gasteiger partial charge in [0.2, 0.25) is 0 Å². The highest BCUT2D eigenvalue weighted by atomic mass is 32.2. The average Bonchev–Trinajstić information content (AvgIpc) is 3.23. The fraction of sp³-hybridized carbons (Fsp3) is 0.864. The third-order valence-corrected chi connectivity index (χ3v) is 8.05. The van der Waals surface area contributed by atoms with Crippen molar-refractivity contribution >= 4 is 15.8 Å². The van der Waals surface area contributed by atoms with Crippen LogP contribution in [-0.4, -0.2) is 43.2 Å². The molecule has 0 amide bonds. The van der Waals surface area contributed by atoms with Crippen LogP contribution in [0.5, 0.6) is 0 Å². The minimum atomic E-state index is -2.89. The number of hydrogen-bond acceptors (Lipinski definition) is 4. The van der Waals surface area contributed by atoms with E-state index in [0.717, 1.165) is 64.2 Å². The fourth-order valence-electron chi connectivity index (χ4n) is 4.72. The van der Waals surface area contributed by atoms with Gasteiger partial charge in [-0.15, -0.1) is 0 Å². The van der Waals surface area contributed by atoms with E-state index in [1.165, 1.54) is 0 Å². The first-order valence-corrected chi connectivity index (χ1v) is 13.0. The quantitative estimate of drug-likeness (QED) is 0.309. The van der Waals surface area contributed by atoms with E-state index in [1.807, 2.05) is 0 Å². The van der Waals surface area contributed by atoms with Gasteiger partial charge in [0.05, 0.1) is 23.7 Å². The molecule has 6 heteroatoms. The molecule has 0 aliphatic carbocycles. The lowest BCUT2D eigenvalue weighted by Crippen LogP contribution is -2.27. The van der Waals surface area contributed by atoms with Crippen molar-refractivity contribution in [3.63, 3.8) is 0 Å².